The first kappa shape index (κ1) is 19.6. The number of carbonyl (C=O) groups is 2. The molecule has 0 atom stereocenters. The smallest absolute Gasteiger partial charge is 0.321 e. The summed E-state index contributed by atoms with van der Waals surface area (Å²) in [5.74, 6) is -5.17. The average molecular weight is 387 g/mol. The van der Waals surface area contributed by atoms with Crippen LogP contribution in [0.4, 0.5) is 13.2 Å². The molecule has 0 spiro atoms. The van der Waals surface area contributed by atoms with Crippen LogP contribution in [0.2, 0.25) is 0 Å². The van der Waals surface area contributed by atoms with Crippen LogP contribution in [0.15, 0.2) is 47.4 Å². The van der Waals surface area contributed by atoms with Gasteiger partial charge < -0.3 is 4.74 Å². The van der Waals surface area contributed by atoms with E-state index in [-0.39, 0.29) is 5.56 Å². The molecule has 1 N–H and O–H groups in total. The SMILES string of the molecule is O=C(CNS(=O)(=O)c1c(F)cccc1F)OCC(=O)c1cccc(F)c1. The Kier molecular flexibility index (Phi) is 6.11. The first-order valence-electron chi connectivity index (χ1n) is 7.09. The lowest BCUT2D eigenvalue weighted by atomic mass is 10.1. The van der Waals surface area contributed by atoms with Gasteiger partial charge >= 0.3 is 5.97 Å². The van der Waals surface area contributed by atoms with Gasteiger partial charge in [-0.1, -0.05) is 18.2 Å². The molecular formula is C16H12F3NO5S. The van der Waals surface area contributed by atoms with Gasteiger partial charge in [0.15, 0.2) is 17.3 Å². The van der Waals surface area contributed by atoms with Crippen LogP contribution in [0, 0.1) is 17.5 Å². The zero-order valence-corrected chi connectivity index (χ0v) is 13.9. The summed E-state index contributed by atoms with van der Waals surface area (Å²) in [4.78, 5) is 22.0. The molecule has 0 fully saturated rings. The average Bonchev–Trinajstić information content (AvgIpc) is 2.57. The molecule has 0 saturated carbocycles. The Balaban J connectivity index is 1.93. The largest absolute Gasteiger partial charge is 0.456 e. The number of ketones is 1. The summed E-state index contributed by atoms with van der Waals surface area (Å²) in [6.45, 7) is -1.70. The van der Waals surface area contributed by atoms with Crippen LogP contribution in [-0.2, 0) is 19.6 Å². The summed E-state index contributed by atoms with van der Waals surface area (Å²) in [5.41, 5.74) is -0.0354. The lowest BCUT2D eigenvalue weighted by molar-refractivity contribution is -0.141. The number of halogens is 3. The van der Waals surface area contributed by atoms with E-state index >= 15 is 0 Å². The minimum Gasteiger partial charge on any atom is -0.456 e. The molecule has 2 rings (SSSR count). The number of hydrogen-bond acceptors (Lipinski definition) is 5. The standard InChI is InChI=1S/C16H12F3NO5S/c17-11-4-1-3-10(7-11)14(21)9-25-15(22)8-20-26(23,24)16-12(18)5-2-6-13(16)19/h1-7,20H,8-9H2. The van der Waals surface area contributed by atoms with Crippen molar-refractivity contribution in [3.63, 3.8) is 0 Å². The minimum absolute atomic E-state index is 0.0354. The third-order valence-electron chi connectivity index (χ3n) is 3.11. The van der Waals surface area contributed by atoms with Crippen molar-refractivity contribution in [2.24, 2.45) is 0 Å². The highest BCUT2D eigenvalue weighted by molar-refractivity contribution is 7.89. The Morgan fingerprint density at radius 1 is 1.00 bits per heavy atom. The second-order valence-corrected chi connectivity index (χ2v) is 6.67. The molecule has 2 aromatic carbocycles. The lowest BCUT2D eigenvalue weighted by Gasteiger charge is -2.08. The Hall–Kier alpha value is -2.72. The summed E-state index contributed by atoms with van der Waals surface area (Å²) in [7, 11) is -4.65. The Morgan fingerprint density at radius 2 is 1.62 bits per heavy atom. The number of benzene rings is 2. The van der Waals surface area contributed by atoms with Gasteiger partial charge in [-0.05, 0) is 24.3 Å². The molecule has 0 aliphatic heterocycles. The van der Waals surface area contributed by atoms with Gasteiger partial charge in [0.1, 0.15) is 24.0 Å². The van der Waals surface area contributed by atoms with Crippen molar-refractivity contribution in [1.82, 2.24) is 4.72 Å². The molecule has 0 aliphatic carbocycles. The number of esters is 1. The zero-order valence-electron chi connectivity index (χ0n) is 13.0. The van der Waals surface area contributed by atoms with Crippen LogP contribution in [0.3, 0.4) is 0 Å². The van der Waals surface area contributed by atoms with E-state index in [9.17, 15) is 31.2 Å². The summed E-state index contributed by atoms with van der Waals surface area (Å²) in [6, 6.07) is 7.14. The number of rotatable bonds is 7. The summed E-state index contributed by atoms with van der Waals surface area (Å²) in [5, 5.41) is 0. The van der Waals surface area contributed by atoms with Gasteiger partial charge in [-0.25, -0.2) is 21.6 Å². The molecule has 0 radical (unpaired) electrons. The Morgan fingerprint density at radius 3 is 2.23 bits per heavy atom. The quantitative estimate of drug-likeness (QED) is 0.578. The van der Waals surface area contributed by atoms with Crippen LogP contribution in [0.1, 0.15) is 10.4 Å². The van der Waals surface area contributed by atoms with Gasteiger partial charge in [-0.3, -0.25) is 9.59 Å². The molecule has 0 aromatic heterocycles. The first-order chi connectivity index (χ1) is 12.2. The molecule has 0 heterocycles. The minimum atomic E-state index is -4.65. The number of ether oxygens (including phenoxy) is 1. The monoisotopic (exact) mass is 387 g/mol. The second kappa shape index (κ2) is 8.11. The van der Waals surface area contributed by atoms with Crippen molar-refractivity contribution >= 4 is 21.8 Å². The fraction of sp³-hybridized carbons (Fsp3) is 0.125. The third-order valence-corrected chi connectivity index (χ3v) is 4.56. The van der Waals surface area contributed by atoms with Crippen molar-refractivity contribution < 1.29 is 35.9 Å². The number of carbonyl (C=O) groups excluding carboxylic acids is 2. The second-order valence-electron chi connectivity index (χ2n) is 4.97. The van der Waals surface area contributed by atoms with Gasteiger partial charge in [-0.15, -0.1) is 0 Å². The van der Waals surface area contributed by atoms with Crippen LogP contribution in [-0.4, -0.2) is 33.3 Å². The molecular weight excluding hydrogens is 375 g/mol. The van der Waals surface area contributed by atoms with E-state index in [0.717, 1.165) is 30.3 Å². The van der Waals surface area contributed by atoms with Crippen molar-refractivity contribution in [2.75, 3.05) is 13.2 Å². The van der Waals surface area contributed by atoms with Crippen molar-refractivity contribution in [1.29, 1.82) is 0 Å². The number of hydrogen-bond donors (Lipinski definition) is 1. The van der Waals surface area contributed by atoms with E-state index in [4.69, 9.17) is 0 Å². The number of nitrogens with one attached hydrogen (secondary N) is 1. The van der Waals surface area contributed by atoms with Crippen LogP contribution >= 0.6 is 0 Å². The molecule has 2 aromatic rings. The molecule has 26 heavy (non-hydrogen) atoms. The molecule has 0 aliphatic rings. The molecule has 0 amide bonds. The van der Waals surface area contributed by atoms with Gasteiger partial charge in [0.2, 0.25) is 10.0 Å². The van der Waals surface area contributed by atoms with E-state index in [1.807, 2.05) is 0 Å². The highest BCUT2D eigenvalue weighted by Crippen LogP contribution is 2.17. The van der Waals surface area contributed by atoms with Crippen LogP contribution in [0.5, 0.6) is 0 Å². The molecule has 10 heteroatoms. The molecule has 0 bridgehead atoms. The van der Waals surface area contributed by atoms with Crippen molar-refractivity contribution in [2.45, 2.75) is 4.90 Å². The third kappa shape index (κ3) is 4.90. The molecule has 138 valence electrons. The van der Waals surface area contributed by atoms with E-state index < -0.39 is 57.3 Å². The van der Waals surface area contributed by atoms with E-state index in [1.54, 1.807) is 4.72 Å². The highest BCUT2D eigenvalue weighted by atomic mass is 32.2. The molecule has 0 saturated heterocycles. The van der Waals surface area contributed by atoms with E-state index in [1.165, 1.54) is 12.1 Å². The molecule has 0 unspecified atom stereocenters. The topological polar surface area (TPSA) is 89.5 Å². The fourth-order valence-electron chi connectivity index (χ4n) is 1.91. The van der Waals surface area contributed by atoms with Gasteiger partial charge in [0.05, 0.1) is 0 Å². The zero-order chi connectivity index (χ0) is 19.3. The Labute approximate surface area is 146 Å². The van der Waals surface area contributed by atoms with E-state index in [0.29, 0.717) is 0 Å². The van der Waals surface area contributed by atoms with Gasteiger partial charge in [0.25, 0.3) is 0 Å². The predicted octanol–water partition coefficient (Wildman–Crippen LogP) is 1.81. The van der Waals surface area contributed by atoms with Crippen LogP contribution < -0.4 is 4.72 Å². The fourth-order valence-corrected chi connectivity index (χ4v) is 3.01. The number of sulfonamides is 1. The van der Waals surface area contributed by atoms with E-state index in [2.05, 4.69) is 4.74 Å². The van der Waals surface area contributed by atoms with Gasteiger partial charge in [-0.2, -0.15) is 4.72 Å². The highest BCUT2D eigenvalue weighted by Gasteiger charge is 2.24. The first-order valence-corrected chi connectivity index (χ1v) is 8.57. The summed E-state index contributed by atoms with van der Waals surface area (Å²) in [6.07, 6.45) is 0. The number of Topliss-reactive ketones (excluding diaryl/α,β-unsaturated/α-hetero) is 1. The van der Waals surface area contributed by atoms with Crippen molar-refractivity contribution in [3.05, 3.63) is 65.5 Å². The predicted molar refractivity (Wildman–Crippen MR) is 83.2 cm³/mol. The molecule has 6 nitrogen and oxygen atoms in total. The lowest BCUT2D eigenvalue weighted by Crippen LogP contribution is -2.32. The van der Waals surface area contributed by atoms with Gasteiger partial charge in [0, 0.05) is 5.56 Å². The summed E-state index contributed by atoms with van der Waals surface area (Å²) >= 11 is 0. The normalized spacial score (nSPS) is 11.2. The maximum atomic E-state index is 13.5. The summed E-state index contributed by atoms with van der Waals surface area (Å²) < 4.78 is 70.0. The maximum Gasteiger partial charge on any atom is 0.321 e. The van der Waals surface area contributed by atoms with Crippen molar-refractivity contribution in [3.8, 4) is 0 Å². The van der Waals surface area contributed by atoms with Crippen LogP contribution in [0.25, 0.3) is 0 Å². The Bertz CT molecular complexity index is 926. The maximum absolute atomic E-state index is 13.5.